The van der Waals surface area contributed by atoms with Gasteiger partial charge in [-0.1, -0.05) is 24.3 Å². The Morgan fingerprint density at radius 2 is 1.19 bits per heavy atom. The zero-order chi connectivity index (χ0) is 12.4. The molecule has 0 spiro atoms. The first-order valence-electron chi connectivity index (χ1n) is 4.82. The smallest absolute Gasteiger partial charge is 0.199 e. The number of allylic oxidation sites excluding steroid dienone is 8. The second-order valence-corrected chi connectivity index (χ2v) is 2.86. The van der Waals surface area contributed by atoms with Crippen molar-refractivity contribution in [2.75, 3.05) is 0 Å². The number of ketones is 1. The van der Waals surface area contributed by atoms with E-state index in [1.807, 2.05) is 0 Å². The minimum atomic E-state index is -0.568. The second-order valence-electron chi connectivity index (χ2n) is 2.86. The van der Waals surface area contributed by atoms with E-state index in [1.165, 1.54) is 12.2 Å². The van der Waals surface area contributed by atoms with E-state index in [4.69, 9.17) is 0 Å². The summed E-state index contributed by atoms with van der Waals surface area (Å²) in [7, 11) is 0. The van der Waals surface area contributed by atoms with Gasteiger partial charge in [0.25, 0.3) is 0 Å². The molecule has 0 atom stereocenters. The van der Waals surface area contributed by atoms with Gasteiger partial charge in [0, 0.05) is 0 Å². The highest BCUT2D eigenvalue weighted by atomic mass is 16.1. The number of rotatable bonds is 6. The van der Waals surface area contributed by atoms with Crippen LogP contribution in [0.15, 0.2) is 47.6 Å². The largest absolute Gasteiger partial charge is 0.298 e. The predicted octanol–water partition coefficient (Wildman–Crippen LogP) is 1.96. The standard InChI is InChI=1S/C13H14O3/c1-3-5-7-11(9-14)13(16)12(10-15)8-6-4-2/h3-10H,1-2H3. The summed E-state index contributed by atoms with van der Waals surface area (Å²) >= 11 is 0. The molecule has 0 aromatic carbocycles. The Bertz CT molecular complexity index is 346. The van der Waals surface area contributed by atoms with Crippen molar-refractivity contribution >= 4 is 18.4 Å². The van der Waals surface area contributed by atoms with Crippen molar-refractivity contribution in [1.82, 2.24) is 0 Å². The Balaban J connectivity index is 5.13. The van der Waals surface area contributed by atoms with Gasteiger partial charge in [-0.05, 0) is 26.0 Å². The van der Waals surface area contributed by atoms with Gasteiger partial charge in [0.2, 0.25) is 0 Å². The van der Waals surface area contributed by atoms with Gasteiger partial charge >= 0.3 is 0 Å². The van der Waals surface area contributed by atoms with E-state index < -0.39 is 5.78 Å². The summed E-state index contributed by atoms with van der Waals surface area (Å²) in [5.74, 6) is -0.568. The average Bonchev–Trinajstić information content (AvgIpc) is 2.31. The molecule has 0 aliphatic heterocycles. The number of aldehydes is 2. The molecular formula is C13H14O3. The Morgan fingerprint density at radius 1 is 0.812 bits per heavy atom. The number of hydrogen-bond donors (Lipinski definition) is 0. The van der Waals surface area contributed by atoms with Crippen molar-refractivity contribution in [3.8, 4) is 0 Å². The van der Waals surface area contributed by atoms with E-state index in [2.05, 4.69) is 0 Å². The topological polar surface area (TPSA) is 51.2 Å². The van der Waals surface area contributed by atoms with Gasteiger partial charge < -0.3 is 0 Å². The minimum Gasteiger partial charge on any atom is -0.298 e. The lowest BCUT2D eigenvalue weighted by Crippen LogP contribution is -2.08. The molecule has 0 N–H and O–H groups in total. The fourth-order valence-corrected chi connectivity index (χ4v) is 0.903. The average molecular weight is 218 g/mol. The molecule has 0 amide bonds. The van der Waals surface area contributed by atoms with Gasteiger partial charge in [0.15, 0.2) is 18.4 Å². The fourth-order valence-electron chi connectivity index (χ4n) is 0.903. The van der Waals surface area contributed by atoms with E-state index in [0.29, 0.717) is 12.6 Å². The maximum atomic E-state index is 11.7. The zero-order valence-electron chi connectivity index (χ0n) is 9.34. The summed E-state index contributed by atoms with van der Waals surface area (Å²) < 4.78 is 0. The van der Waals surface area contributed by atoms with Gasteiger partial charge in [-0.3, -0.25) is 14.4 Å². The maximum absolute atomic E-state index is 11.7. The lowest BCUT2D eigenvalue weighted by atomic mass is 10.0. The molecule has 0 aliphatic carbocycles. The third-order valence-electron chi connectivity index (χ3n) is 1.71. The van der Waals surface area contributed by atoms with Crippen LogP contribution in [0, 0.1) is 0 Å². The van der Waals surface area contributed by atoms with E-state index in [1.54, 1.807) is 38.2 Å². The zero-order valence-corrected chi connectivity index (χ0v) is 9.34. The first-order chi connectivity index (χ1) is 7.71. The van der Waals surface area contributed by atoms with Crippen molar-refractivity contribution in [2.45, 2.75) is 13.8 Å². The van der Waals surface area contributed by atoms with Crippen LogP contribution in [0.4, 0.5) is 0 Å². The molecule has 0 unspecified atom stereocenters. The molecule has 0 aromatic rings. The van der Waals surface area contributed by atoms with Crippen molar-refractivity contribution in [3.63, 3.8) is 0 Å². The van der Waals surface area contributed by atoms with Gasteiger partial charge in [0.05, 0.1) is 11.1 Å². The van der Waals surface area contributed by atoms with E-state index in [9.17, 15) is 14.4 Å². The molecule has 0 heterocycles. The summed E-state index contributed by atoms with van der Waals surface area (Å²) in [4.78, 5) is 33.0. The molecule has 0 aromatic heterocycles. The highest BCUT2D eigenvalue weighted by Crippen LogP contribution is 2.03. The minimum absolute atomic E-state index is 0.0408. The summed E-state index contributed by atoms with van der Waals surface area (Å²) in [6.45, 7) is 3.53. The number of hydrogen-bond acceptors (Lipinski definition) is 3. The summed E-state index contributed by atoms with van der Waals surface area (Å²) in [5.41, 5.74) is -0.0816. The lowest BCUT2D eigenvalue weighted by Gasteiger charge is -1.96. The fraction of sp³-hybridized carbons (Fsp3) is 0.154. The molecule has 3 heteroatoms. The second kappa shape index (κ2) is 8.29. The number of carbonyl (C=O) groups is 3. The molecule has 84 valence electrons. The van der Waals surface area contributed by atoms with Gasteiger partial charge in [-0.15, -0.1) is 0 Å². The highest BCUT2D eigenvalue weighted by Gasteiger charge is 2.12. The van der Waals surface area contributed by atoms with Gasteiger partial charge in [0.1, 0.15) is 0 Å². The summed E-state index contributed by atoms with van der Waals surface area (Å²) in [6.07, 6.45) is 10.1. The van der Waals surface area contributed by atoms with E-state index in [0.717, 1.165) is 0 Å². The first-order valence-corrected chi connectivity index (χ1v) is 4.82. The van der Waals surface area contributed by atoms with Crippen molar-refractivity contribution in [3.05, 3.63) is 47.6 Å². The van der Waals surface area contributed by atoms with E-state index >= 15 is 0 Å². The maximum Gasteiger partial charge on any atom is 0.199 e. The molecular weight excluding hydrogens is 204 g/mol. The third-order valence-corrected chi connectivity index (χ3v) is 1.71. The van der Waals surface area contributed by atoms with Crippen LogP contribution in [-0.4, -0.2) is 18.4 Å². The Morgan fingerprint density at radius 3 is 1.44 bits per heavy atom. The SMILES string of the molecule is CC=CC=C(C=O)C(=O)C(C=O)=CC=CC. The molecule has 0 saturated carbocycles. The Hall–Kier alpha value is -2.03. The van der Waals surface area contributed by atoms with Crippen LogP contribution >= 0.6 is 0 Å². The molecule has 0 saturated heterocycles. The van der Waals surface area contributed by atoms with Crippen LogP contribution < -0.4 is 0 Å². The molecule has 16 heavy (non-hydrogen) atoms. The first kappa shape index (κ1) is 14.0. The van der Waals surface area contributed by atoms with Crippen LogP contribution in [0.1, 0.15) is 13.8 Å². The number of carbonyl (C=O) groups excluding carboxylic acids is 3. The van der Waals surface area contributed by atoms with Crippen molar-refractivity contribution < 1.29 is 14.4 Å². The van der Waals surface area contributed by atoms with Crippen LogP contribution in [-0.2, 0) is 14.4 Å². The monoisotopic (exact) mass is 218 g/mol. The number of Topliss-reactive ketones (excluding diaryl/α,β-unsaturated/α-hetero) is 1. The molecule has 0 rings (SSSR count). The Labute approximate surface area is 94.8 Å². The predicted molar refractivity (Wildman–Crippen MR) is 62.9 cm³/mol. The molecule has 0 radical (unpaired) electrons. The molecule has 0 fully saturated rings. The van der Waals surface area contributed by atoms with E-state index in [-0.39, 0.29) is 11.1 Å². The van der Waals surface area contributed by atoms with Gasteiger partial charge in [-0.2, -0.15) is 0 Å². The summed E-state index contributed by atoms with van der Waals surface area (Å²) in [6, 6.07) is 0. The third kappa shape index (κ3) is 4.46. The lowest BCUT2D eigenvalue weighted by molar-refractivity contribution is -0.116. The molecule has 0 aliphatic rings. The van der Waals surface area contributed by atoms with Crippen LogP contribution in [0.2, 0.25) is 0 Å². The Kier molecular flexibility index (Phi) is 7.24. The molecule has 3 nitrogen and oxygen atoms in total. The normalized spacial score (nSPS) is 13.4. The quantitative estimate of drug-likeness (QED) is 0.225. The van der Waals surface area contributed by atoms with Crippen LogP contribution in [0.5, 0.6) is 0 Å². The van der Waals surface area contributed by atoms with Crippen molar-refractivity contribution in [1.29, 1.82) is 0 Å². The highest BCUT2D eigenvalue weighted by molar-refractivity contribution is 6.27. The van der Waals surface area contributed by atoms with Crippen LogP contribution in [0.3, 0.4) is 0 Å². The molecule has 0 bridgehead atoms. The van der Waals surface area contributed by atoms with Crippen molar-refractivity contribution in [2.24, 2.45) is 0 Å². The van der Waals surface area contributed by atoms with Gasteiger partial charge in [-0.25, -0.2) is 0 Å². The summed E-state index contributed by atoms with van der Waals surface area (Å²) in [5, 5.41) is 0. The van der Waals surface area contributed by atoms with Crippen LogP contribution in [0.25, 0.3) is 0 Å².